The topological polar surface area (TPSA) is 62.2 Å². The first kappa shape index (κ1) is 16.0. The first-order valence-corrected chi connectivity index (χ1v) is 9.53. The molecule has 1 saturated carbocycles. The van der Waals surface area contributed by atoms with Crippen molar-refractivity contribution in [1.29, 1.82) is 0 Å². The van der Waals surface area contributed by atoms with Crippen molar-refractivity contribution in [3.05, 3.63) is 47.6 Å². The molecule has 4 rings (SSSR count). The SMILES string of the molecule is Cc1cc(NC(=NC2CCCC2)Nc2nccs2)c2ccccc2n1. The number of thiazole rings is 1. The minimum atomic E-state index is 0.379. The van der Waals surface area contributed by atoms with Crippen LogP contribution in [0, 0.1) is 6.92 Å². The van der Waals surface area contributed by atoms with Crippen LogP contribution < -0.4 is 10.6 Å². The maximum absolute atomic E-state index is 4.92. The molecule has 2 heterocycles. The minimum Gasteiger partial charge on any atom is -0.325 e. The van der Waals surface area contributed by atoms with Gasteiger partial charge in [-0.3, -0.25) is 4.98 Å². The molecule has 1 aromatic carbocycles. The summed E-state index contributed by atoms with van der Waals surface area (Å²) in [6.07, 6.45) is 6.62. The number of benzene rings is 1. The Hall–Kier alpha value is -2.47. The zero-order valence-corrected chi connectivity index (χ0v) is 15.0. The van der Waals surface area contributed by atoms with E-state index in [9.17, 15) is 0 Å². The molecule has 0 radical (unpaired) electrons. The number of hydrogen-bond acceptors (Lipinski definition) is 4. The largest absolute Gasteiger partial charge is 0.325 e. The van der Waals surface area contributed by atoms with Gasteiger partial charge in [-0.15, -0.1) is 11.3 Å². The van der Waals surface area contributed by atoms with Gasteiger partial charge in [-0.2, -0.15) is 0 Å². The molecule has 1 fully saturated rings. The first-order chi connectivity index (χ1) is 12.3. The van der Waals surface area contributed by atoms with E-state index in [4.69, 9.17) is 4.99 Å². The number of hydrogen-bond donors (Lipinski definition) is 2. The number of para-hydroxylation sites is 1. The van der Waals surface area contributed by atoms with Crippen molar-refractivity contribution in [2.75, 3.05) is 10.6 Å². The van der Waals surface area contributed by atoms with Gasteiger partial charge in [0, 0.05) is 22.7 Å². The first-order valence-electron chi connectivity index (χ1n) is 8.66. The second kappa shape index (κ2) is 7.19. The van der Waals surface area contributed by atoms with E-state index in [0.717, 1.165) is 46.2 Å². The molecule has 0 saturated heterocycles. The van der Waals surface area contributed by atoms with E-state index in [1.807, 2.05) is 30.5 Å². The molecule has 0 amide bonds. The second-order valence-corrected chi connectivity index (χ2v) is 7.23. The molecule has 3 aromatic rings. The molecule has 2 aromatic heterocycles. The van der Waals surface area contributed by atoms with E-state index in [1.54, 1.807) is 17.5 Å². The van der Waals surface area contributed by atoms with Crippen molar-refractivity contribution >= 4 is 39.0 Å². The van der Waals surface area contributed by atoms with Gasteiger partial charge >= 0.3 is 0 Å². The number of anilines is 2. The molecule has 2 N–H and O–H groups in total. The third kappa shape index (κ3) is 3.79. The number of rotatable bonds is 3. The maximum Gasteiger partial charge on any atom is 0.202 e. The summed E-state index contributed by atoms with van der Waals surface area (Å²) in [6.45, 7) is 2.01. The summed E-state index contributed by atoms with van der Waals surface area (Å²) >= 11 is 1.57. The Morgan fingerprint density at radius 3 is 2.84 bits per heavy atom. The summed E-state index contributed by atoms with van der Waals surface area (Å²) in [7, 11) is 0. The molecule has 0 atom stereocenters. The van der Waals surface area contributed by atoms with Gasteiger partial charge in [0.05, 0.1) is 17.2 Å². The summed E-state index contributed by atoms with van der Waals surface area (Å²) < 4.78 is 0. The molecule has 0 bridgehead atoms. The summed E-state index contributed by atoms with van der Waals surface area (Å²) in [6, 6.07) is 10.6. The van der Waals surface area contributed by atoms with Gasteiger partial charge in [-0.05, 0) is 31.9 Å². The molecule has 0 aliphatic heterocycles. The van der Waals surface area contributed by atoms with Gasteiger partial charge in [0.1, 0.15) is 0 Å². The Kier molecular flexibility index (Phi) is 4.61. The van der Waals surface area contributed by atoms with Crippen molar-refractivity contribution < 1.29 is 0 Å². The van der Waals surface area contributed by atoms with Crippen LogP contribution in [0.3, 0.4) is 0 Å². The zero-order valence-electron chi connectivity index (χ0n) is 14.2. The lowest BCUT2D eigenvalue weighted by molar-refractivity contribution is 0.706. The highest BCUT2D eigenvalue weighted by atomic mass is 32.1. The van der Waals surface area contributed by atoms with E-state index in [2.05, 4.69) is 32.7 Å². The number of nitrogens with one attached hydrogen (secondary N) is 2. The Labute approximate surface area is 151 Å². The highest BCUT2D eigenvalue weighted by molar-refractivity contribution is 7.13. The summed E-state index contributed by atoms with van der Waals surface area (Å²) in [5.41, 5.74) is 2.99. The molecule has 128 valence electrons. The fourth-order valence-corrected chi connectivity index (χ4v) is 3.76. The smallest absolute Gasteiger partial charge is 0.202 e. The summed E-state index contributed by atoms with van der Waals surface area (Å²) in [5.74, 6) is 0.762. The zero-order chi connectivity index (χ0) is 17.1. The molecule has 1 aliphatic carbocycles. The van der Waals surface area contributed by atoms with Gasteiger partial charge < -0.3 is 10.6 Å². The number of pyridine rings is 1. The predicted octanol–water partition coefficient (Wildman–Crippen LogP) is 4.82. The number of aryl methyl sites for hydroxylation is 1. The van der Waals surface area contributed by atoms with Crippen molar-refractivity contribution in [3.8, 4) is 0 Å². The van der Waals surface area contributed by atoms with Crippen molar-refractivity contribution in [2.24, 2.45) is 4.99 Å². The summed E-state index contributed by atoms with van der Waals surface area (Å²) in [4.78, 5) is 13.9. The lowest BCUT2D eigenvalue weighted by Crippen LogP contribution is -2.24. The van der Waals surface area contributed by atoms with Gasteiger partial charge in [0.2, 0.25) is 5.96 Å². The number of aromatic nitrogens is 2. The standard InChI is InChI=1S/C19H21N5S/c1-13-12-17(15-8-4-5-9-16(15)21-13)23-18(22-14-6-2-3-7-14)24-19-20-10-11-25-19/h4-5,8-12,14H,2-3,6-7H2,1H3,(H2,20,21,22,23,24). The number of guanidine groups is 1. The van der Waals surface area contributed by atoms with Crippen molar-refractivity contribution in [1.82, 2.24) is 9.97 Å². The van der Waals surface area contributed by atoms with E-state index in [0.29, 0.717) is 6.04 Å². The second-order valence-electron chi connectivity index (χ2n) is 6.33. The van der Waals surface area contributed by atoms with Crippen LogP contribution in [-0.4, -0.2) is 22.0 Å². The lowest BCUT2D eigenvalue weighted by atomic mass is 10.1. The van der Waals surface area contributed by atoms with Crippen LogP contribution in [0.2, 0.25) is 0 Å². The van der Waals surface area contributed by atoms with Crippen LogP contribution in [0.5, 0.6) is 0 Å². The molecular weight excluding hydrogens is 330 g/mol. The monoisotopic (exact) mass is 351 g/mol. The number of aliphatic imine (C=N–C) groups is 1. The lowest BCUT2D eigenvalue weighted by Gasteiger charge is -2.15. The summed E-state index contributed by atoms with van der Waals surface area (Å²) in [5, 5.41) is 10.7. The molecule has 0 unspecified atom stereocenters. The highest BCUT2D eigenvalue weighted by Crippen LogP contribution is 2.25. The van der Waals surface area contributed by atoms with Gasteiger partial charge in [-0.25, -0.2) is 9.98 Å². The molecule has 6 heteroatoms. The fourth-order valence-electron chi connectivity index (χ4n) is 3.24. The average Bonchev–Trinajstić information content (AvgIpc) is 3.28. The van der Waals surface area contributed by atoms with Crippen LogP contribution in [0.4, 0.5) is 10.8 Å². The van der Waals surface area contributed by atoms with E-state index in [-0.39, 0.29) is 0 Å². The van der Waals surface area contributed by atoms with E-state index in [1.165, 1.54) is 12.8 Å². The molecule has 0 spiro atoms. The number of fused-ring (bicyclic) bond motifs is 1. The Bertz CT molecular complexity index is 882. The van der Waals surface area contributed by atoms with Crippen molar-refractivity contribution in [3.63, 3.8) is 0 Å². The van der Waals surface area contributed by atoms with Crippen LogP contribution >= 0.6 is 11.3 Å². The normalized spacial score (nSPS) is 15.6. The van der Waals surface area contributed by atoms with Crippen molar-refractivity contribution in [2.45, 2.75) is 38.6 Å². The Balaban J connectivity index is 1.68. The minimum absolute atomic E-state index is 0.379. The quantitative estimate of drug-likeness (QED) is 0.524. The van der Waals surface area contributed by atoms with Gasteiger partial charge in [-0.1, -0.05) is 31.0 Å². The van der Waals surface area contributed by atoms with Gasteiger partial charge in [0.25, 0.3) is 0 Å². The Morgan fingerprint density at radius 1 is 1.20 bits per heavy atom. The van der Waals surface area contributed by atoms with Gasteiger partial charge in [0.15, 0.2) is 5.13 Å². The van der Waals surface area contributed by atoms with E-state index < -0.39 is 0 Å². The highest BCUT2D eigenvalue weighted by Gasteiger charge is 2.16. The maximum atomic E-state index is 4.92. The predicted molar refractivity (Wildman–Crippen MR) is 106 cm³/mol. The molecule has 1 aliphatic rings. The van der Waals surface area contributed by atoms with Crippen LogP contribution in [0.25, 0.3) is 10.9 Å². The van der Waals surface area contributed by atoms with Crippen LogP contribution in [-0.2, 0) is 0 Å². The molecule has 5 nitrogen and oxygen atoms in total. The van der Waals surface area contributed by atoms with Crippen LogP contribution in [0.15, 0.2) is 46.9 Å². The fraction of sp³-hybridized carbons (Fsp3) is 0.316. The third-order valence-corrected chi connectivity index (χ3v) is 5.08. The van der Waals surface area contributed by atoms with Crippen LogP contribution in [0.1, 0.15) is 31.4 Å². The Morgan fingerprint density at radius 2 is 2.04 bits per heavy atom. The number of nitrogens with zero attached hydrogens (tertiary/aromatic N) is 3. The molecular formula is C19H21N5S. The average molecular weight is 351 g/mol. The third-order valence-electron chi connectivity index (χ3n) is 4.39. The van der Waals surface area contributed by atoms with E-state index >= 15 is 0 Å². The molecule has 25 heavy (non-hydrogen) atoms.